The maximum atomic E-state index is 12.3. The molecular weight excluding hydrogens is 384 g/mol. The van der Waals surface area contributed by atoms with E-state index in [0.717, 1.165) is 9.75 Å². The standard InChI is InChI=1S/C19H11ClN4O2S/c1-9-2-3-14(27-9)18-15(23-17-12(25)4-5-21-19(17)24-18)10-6-11(20)16-13(7-10)26-8-22-16/h2-8H,1H3,(H,21,24,25). The summed E-state index contributed by atoms with van der Waals surface area (Å²) in [7, 11) is 0. The van der Waals surface area contributed by atoms with Crippen molar-refractivity contribution in [2.75, 3.05) is 0 Å². The molecule has 0 bridgehead atoms. The zero-order chi connectivity index (χ0) is 18.5. The zero-order valence-electron chi connectivity index (χ0n) is 14.0. The molecule has 1 N–H and O–H groups in total. The van der Waals surface area contributed by atoms with E-state index in [1.165, 1.54) is 12.5 Å². The summed E-state index contributed by atoms with van der Waals surface area (Å²) >= 11 is 7.98. The highest BCUT2D eigenvalue weighted by Crippen LogP contribution is 2.36. The van der Waals surface area contributed by atoms with Gasteiger partial charge in [-0.2, -0.15) is 0 Å². The Hall–Kier alpha value is -3.03. The van der Waals surface area contributed by atoms with Gasteiger partial charge in [-0.25, -0.2) is 15.0 Å². The molecule has 0 aliphatic rings. The van der Waals surface area contributed by atoms with Crippen LogP contribution in [0.1, 0.15) is 4.88 Å². The first-order chi connectivity index (χ1) is 13.1. The first-order valence-electron chi connectivity index (χ1n) is 8.09. The van der Waals surface area contributed by atoms with Crippen LogP contribution >= 0.6 is 22.9 Å². The van der Waals surface area contributed by atoms with E-state index < -0.39 is 0 Å². The fourth-order valence-corrected chi connectivity index (χ4v) is 4.10. The summed E-state index contributed by atoms with van der Waals surface area (Å²) in [6.45, 7) is 2.03. The minimum absolute atomic E-state index is 0.196. The van der Waals surface area contributed by atoms with Crippen LogP contribution in [0.25, 0.3) is 44.1 Å². The Morgan fingerprint density at radius 3 is 2.81 bits per heavy atom. The van der Waals surface area contributed by atoms with Crippen LogP contribution in [-0.2, 0) is 0 Å². The number of hydrogen-bond donors (Lipinski definition) is 1. The van der Waals surface area contributed by atoms with Crippen LogP contribution in [0.4, 0.5) is 0 Å². The van der Waals surface area contributed by atoms with Gasteiger partial charge in [-0.1, -0.05) is 11.6 Å². The lowest BCUT2D eigenvalue weighted by Crippen LogP contribution is -2.06. The molecule has 6 nitrogen and oxygen atoms in total. The van der Waals surface area contributed by atoms with E-state index in [1.54, 1.807) is 23.6 Å². The first-order valence-corrected chi connectivity index (χ1v) is 9.29. The van der Waals surface area contributed by atoms with Crippen molar-refractivity contribution in [1.82, 2.24) is 19.9 Å². The van der Waals surface area contributed by atoms with Gasteiger partial charge in [-0.05, 0) is 31.2 Å². The summed E-state index contributed by atoms with van der Waals surface area (Å²) in [5.41, 5.74) is 3.62. The Balaban J connectivity index is 1.88. The number of aromatic amines is 1. The van der Waals surface area contributed by atoms with Gasteiger partial charge in [0.05, 0.1) is 15.6 Å². The second-order valence-corrected chi connectivity index (χ2v) is 7.72. The highest BCUT2D eigenvalue weighted by Gasteiger charge is 2.18. The molecule has 27 heavy (non-hydrogen) atoms. The molecule has 0 unspecified atom stereocenters. The number of nitrogens with one attached hydrogen (secondary N) is 1. The minimum atomic E-state index is -0.196. The highest BCUT2D eigenvalue weighted by atomic mass is 35.5. The third kappa shape index (κ3) is 2.63. The van der Waals surface area contributed by atoms with E-state index in [9.17, 15) is 4.79 Å². The second-order valence-electron chi connectivity index (χ2n) is 6.03. The van der Waals surface area contributed by atoms with Gasteiger partial charge < -0.3 is 9.40 Å². The predicted molar refractivity (Wildman–Crippen MR) is 106 cm³/mol. The van der Waals surface area contributed by atoms with Crippen molar-refractivity contribution in [3.63, 3.8) is 0 Å². The van der Waals surface area contributed by atoms with Crippen LogP contribution in [-0.4, -0.2) is 19.9 Å². The zero-order valence-corrected chi connectivity index (χ0v) is 15.6. The summed E-state index contributed by atoms with van der Waals surface area (Å²) in [6, 6.07) is 9.03. The predicted octanol–water partition coefficient (Wildman–Crippen LogP) is 4.82. The van der Waals surface area contributed by atoms with E-state index in [4.69, 9.17) is 21.0 Å². The monoisotopic (exact) mass is 394 g/mol. The number of H-pyrrole nitrogens is 1. The van der Waals surface area contributed by atoms with E-state index in [1.807, 2.05) is 25.1 Å². The molecule has 0 atom stereocenters. The van der Waals surface area contributed by atoms with Crippen molar-refractivity contribution in [1.29, 1.82) is 0 Å². The van der Waals surface area contributed by atoms with Crippen molar-refractivity contribution >= 4 is 45.2 Å². The molecule has 5 rings (SSSR count). The van der Waals surface area contributed by atoms with Gasteiger partial charge in [0.15, 0.2) is 23.1 Å². The van der Waals surface area contributed by atoms with Crippen molar-refractivity contribution in [3.8, 4) is 21.8 Å². The Bertz CT molecular complexity index is 1390. The number of pyridine rings is 1. The average molecular weight is 395 g/mol. The van der Waals surface area contributed by atoms with Crippen molar-refractivity contribution < 1.29 is 4.42 Å². The maximum Gasteiger partial charge on any atom is 0.209 e. The molecule has 4 aromatic heterocycles. The topological polar surface area (TPSA) is 84.7 Å². The molecule has 0 spiro atoms. The Kier molecular flexibility index (Phi) is 3.60. The number of thiophene rings is 1. The van der Waals surface area contributed by atoms with Gasteiger partial charge in [0, 0.05) is 22.7 Å². The van der Waals surface area contributed by atoms with Gasteiger partial charge in [-0.3, -0.25) is 4.79 Å². The molecule has 132 valence electrons. The van der Waals surface area contributed by atoms with Crippen molar-refractivity contribution in [2.24, 2.45) is 0 Å². The van der Waals surface area contributed by atoms with Crippen molar-refractivity contribution in [2.45, 2.75) is 6.92 Å². The lowest BCUT2D eigenvalue weighted by atomic mass is 10.1. The van der Waals surface area contributed by atoms with Gasteiger partial charge in [-0.15, -0.1) is 11.3 Å². The molecule has 1 aromatic carbocycles. The molecule has 0 fully saturated rings. The summed E-state index contributed by atoms with van der Waals surface area (Å²) in [5, 5.41) is 0.452. The average Bonchev–Trinajstić information content (AvgIpc) is 3.30. The number of oxazole rings is 1. The summed E-state index contributed by atoms with van der Waals surface area (Å²) < 4.78 is 5.41. The molecule has 8 heteroatoms. The number of aromatic nitrogens is 4. The number of hydrogen-bond acceptors (Lipinski definition) is 6. The summed E-state index contributed by atoms with van der Waals surface area (Å²) in [4.78, 5) is 30.8. The molecule has 5 aromatic rings. The van der Waals surface area contributed by atoms with Crippen LogP contribution in [0.15, 0.2) is 52.1 Å². The van der Waals surface area contributed by atoms with Gasteiger partial charge in [0.1, 0.15) is 11.2 Å². The fraction of sp³-hybridized carbons (Fsp3) is 0.0526. The van der Waals surface area contributed by atoms with Crippen LogP contribution in [0.5, 0.6) is 0 Å². The minimum Gasteiger partial charge on any atom is -0.443 e. The Morgan fingerprint density at radius 2 is 2.00 bits per heavy atom. The molecule has 0 amide bonds. The number of halogens is 1. The lowest BCUT2D eigenvalue weighted by molar-refractivity contribution is 0.602. The van der Waals surface area contributed by atoms with Crippen LogP contribution < -0.4 is 5.43 Å². The van der Waals surface area contributed by atoms with Crippen molar-refractivity contribution in [3.05, 3.63) is 63.0 Å². The smallest absolute Gasteiger partial charge is 0.209 e. The first kappa shape index (κ1) is 16.2. The number of nitrogens with zero attached hydrogens (tertiary/aromatic N) is 3. The number of rotatable bonds is 2. The van der Waals surface area contributed by atoms with Crippen LogP contribution in [0.3, 0.4) is 0 Å². The third-order valence-corrected chi connectivity index (χ3v) is 5.52. The van der Waals surface area contributed by atoms with Gasteiger partial charge in [0.2, 0.25) is 5.43 Å². The molecule has 0 aliphatic heterocycles. The molecule has 0 radical (unpaired) electrons. The summed E-state index contributed by atoms with van der Waals surface area (Å²) in [6.07, 6.45) is 2.92. The normalized spacial score (nSPS) is 11.5. The van der Waals surface area contributed by atoms with Crippen LogP contribution in [0, 0.1) is 6.92 Å². The summed E-state index contributed by atoms with van der Waals surface area (Å²) in [5.74, 6) is 0. The third-order valence-electron chi connectivity index (χ3n) is 4.22. The van der Waals surface area contributed by atoms with Gasteiger partial charge in [0.25, 0.3) is 0 Å². The van der Waals surface area contributed by atoms with E-state index in [0.29, 0.717) is 38.7 Å². The van der Waals surface area contributed by atoms with E-state index in [-0.39, 0.29) is 10.9 Å². The van der Waals surface area contributed by atoms with Gasteiger partial charge >= 0.3 is 0 Å². The SMILES string of the molecule is Cc1ccc(-c2nc3[nH]ccc(=O)c3nc2-c2cc(Cl)c3ncoc3c2)s1. The number of fused-ring (bicyclic) bond motifs is 2. The lowest BCUT2D eigenvalue weighted by Gasteiger charge is -2.09. The molecule has 0 saturated carbocycles. The molecule has 0 saturated heterocycles. The van der Waals surface area contributed by atoms with E-state index in [2.05, 4.69) is 15.0 Å². The quantitative estimate of drug-likeness (QED) is 0.464. The number of benzene rings is 1. The number of aryl methyl sites for hydroxylation is 1. The van der Waals surface area contributed by atoms with Crippen LogP contribution in [0.2, 0.25) is 5.02 Å². The second kappa shape index (κ2) is 6.00. The Morgan fingerprint density at radius 1 is 1.11 bits per heavy atom. The molecule has 0 aliphatic carbocycles. The van der Waals surface area contributed by atoms with E-state index >= 15 is 0 Å². The Labute approximate surface area is 161 Å². The molecule has 4 heterocycles. The largest absolute Gasteiger partial charge is 0.443 e. The fourth-order valence-electron chi connectivity index (χ4n) is 2.98. The highest BCUT2D eigenvalue weighted by molar-refractivity contribution is 7.15. The maximum absolute atomic E-state index is 12.3. The molecular formula is C19H11ClN4O2S.